The maximum atomic E-state index is 13.4. The summed E-state index contributed by atoms with van der Waals surface area (Å²) in [6.45, 7) is 1.95. The van der Waals surface area contributed by atoms with E-state index in [0.717, 1.165) is 14.7 Å². The van der Waals surface area contributed by atoms with Crippen LogP contribution in [-0.2, 0) is 0 Å². The maximum Gasteiger partial charge on any atom is 0.133 e. The molecule has 0 saturated heterocycles. The molecule has 2 aromatic rings. The summed E-state index contributed by atoms with van der Waals surface area (Å²) in [7, 11) is 0. The van der Waals surface area contributed by atoms with E-state index in [0.29, 0.717) is 5.39 Å². The number of aromatic nitrogens is 1. The molecule has 3 heteroatoms. The molecule has 0 aliphatic rings. The fourth-order valence-corrected chi connectivity index (χ4v) is 1.84. The van der Waals surface area contributed by atoms with Gasteiger partial charge in [-0.3, -0.25) is 4.98 Å². The van der Waals surface area contributed by atoms with Crippen molar-refractivity contribution in [2.45, 2.75) is 6.92 Å². The lowest BCUT2D eigenvalue weighted by Gasteiger charge is -2.03. The Hall–Kier alpha value is -0.710. The second kappa shape index (κ2) is 3.21. The highest BCUT2D eigenvalue weighted by Crippen LogP contribution is 2.23. The first kappa shape index (κ1) is 8.87. The Kier molecular flexibility index (Phi) is 2.19. The third-order valence-corrected chi connectivity index (χ3v) is 3.15. The van der Waals surface area contributed by atoms with Crippen LogP contribution in [-0.4, -0.2) is 4.98 Å². The monoisotopic (exact) mass is 287 g/mol. The molecule has 0 atom stereocenters. The highest BCUT2D eigenvalue weighted by molar-refractivity contribution is 14.1. The molecule has 0 unspecified atom stereocenters. The van der Waals surface area contributed by atoms with Gasteiger partial charge in [-0.25, -0.2) is 4.39 Å². The molecule has 66 valence electrons. The van der Waals surface area contributed by atoms with E-state index < -0.39 is 0 Å². The number of fused-ring (bicyclic) bond motifs is 1. The highest BCUT2D eigenvalue weighted by Gasteiger charge is 2.06. The summed E-state index contributed by atoms with van der Waals surface area (Å²) in [5.74, 6) is -0.196. The van der Waals surface area contributed by atoms with Crippen LogP contribution in [0.4, 0.5) is 4.39 Å². The van der Waals surface area contributed by atoms with Gasteiger partial charge in [-0.2, -0.15) is 0 Å². The zero-order valence-corrected chi connectivity index (χ0v) is 9.17. The van der Waals surface area contributed by atoms with Crippen molar-refractivity contribution >= 4 is 33.5 Å². The van der Waals surface area contributed by atoms with E-state index in [1.54, 1.807) is 24.4 Å². The Morgan fingerprint density at radius 1 is 1.46 bits per heavy atom. The first-order valence-electron chi connectivity index (χ1n) is 3.89. The summed E-state index contributed by atoms with van der Waals surface area (Å²) in [6.07, 6.45) is 1.69. The molecule has 0 saturated carbocycles. The van der Waals surface area contributed by atoms with Crippen LogP contribution in [0.15, 0.2) is 24.4 Å². The van der Waals surface area contributed by atoms with Gasteiger partial charge in [0.25, 0.3) is 0 Å². The summed E-state index contributed by atoms with van der Waals surface area (Å²) in [5, 5.41) is 0.598. The largest absolute Gasteiger partial charge is 0.256 e. The van der Waals surface area contributed by atoms with Gasteiger partial charge in [0.05, 0.1) is 5.52 Å². The standard InChI is InChI=1S/C10H7FIN/c1-6-9(12)5-8(11)7-3-2-4-13-10(6)7/h2-5H,1H3. The molecule has 1 nitrogen and oxygen atoms in total. The van der Waals surface area contributed by atoms with Crippen molar-refractivity contribution in [1.82, 2.24) is 4.98 Å². The number of hydrogen-bond donors (Lipinski definition) is 0. The minimum absolute atomic E-state index is 0.196. The lowest BCUT2D eigenvalue weighted by Crippen LogP contribution is -1.90. The topological polar surface area (TPSA) is 12.9 Å². The molecular formula is C10H7FIN. The van der Waals surface area contributed by atoms with Crippen LogP contribution in [0.2, 0.25) is 0 Å². The molecule has 0 bridgehead atoms. The van der Waals surface area contributed by atoms with E-state index in [1.807, 2.05) is 6.92 Å². The van der Waals surface area contributed by atoms with Gasteiger partial charge in [-0.05, 0) is 53.3 Å². The molecule has 0 aliphatic carbocycles. The fourth-order valence-electron chi connectivity index (χ4n) is 1.31. The van der Waals surface area contributed by atoms with Crippen molar-refractivity contribution in [3.8, 4) is 0 Å². The predicted molar refractivity (Wildman–Crippen MR) is 59.2 cm³/mol. The molecule has 13 heavy (non-hydrogen) atoms. The number of pyridine rings is 1. The zero-order valence-electron chi connectivity index (χ0n) is 7.01. The van der Waals surface area contributed by atoms with E-state index in [2.05, 4.69) is 27.6 Å². The number of halogens is 2. The Morgan fingerprint density at radius 2 is 2.23 bits per heavy atom. The average molecular weight is 287 g/mol. The third-order valence-electron chi connectivity index (χ3n) is 2.03. The van der Waals surface area contributed by atoms with Gasteiger partial charge in [0.1, 0.15) is 5.82 Å². The van der Waals surface area contributed by atoms with E-state index >= 15 is 0 Å². The van der Waals surface area contributed by atoms with Crippen LogP contribution >= 0.6 is 22.6 Å². The molecule has 0 radical (unpaired) electrons. The Labute approximate surface area is 89.1 Å². The first-order valence-corrected chi connectivity index (χ1v) is 4.97. The van der Waals surface area contributed by atoms with Gasteiger partial charge in [-0.1, -0.05) is 0 Å². The third kappa shape index (κ3) is 1.41. The number of aryl methyl sites for hydroxylation is 1. The van der Waals surface area contributed by atoms with Crippen LogP contribution in [0.5, 0.6) is 0 Å². The van der Waals surface area contributed by atoms with Crippen LogP contribution in [0, 0.1) is 16.3 Å². The highest BCUT2D eigenvalue weighted by atomic mass is 127. The molecule has 1 aromatic carbocycles. The Balaban J connectivity index is 2.97. The van der Waals surface area contributed by atoms with Crippen molar-refractivity contribution in [3.63, 3.8) is 0 Å². The van der Waals surface area contributed by atoms with Crippen LogP contribution in [0.25, 0.3) is 10.9 Å². The van der Waals surface area contributed by atoms with Crippen LogP contribution < -0.4 is 0 Å². The SMILES string of the molecule is Cc1c(I)cc(F)c2cccnc12. The van der Waals surface area contributed by atoms with Crippen LogP contribution in [0.1, 0.15) is 5.56 Å². The molecule has 0 aliphatic heterocycles. The quantitative estimate of drug-likeness (QED) is 0.678. The van der Waals surface area contributed by atoms with Crippen molar-refractivity contribution in [2.75, 3.05) is 0 Å². The average Bonchev–Trinajstić information content (AvgIpc) is 2.15. The van der Waals surface area contributed by atoms with Gasteiger partial charge < -0.3 is 0 Å². The zero-order chi connectivity index (χ0) is 9.42. The molecule has 0 amide bonds. The van der Waals surface area contributed by atoms with E-state index in [4.69, 9.17) is 0 Å². The molecule has 0 fully saturated rings. The van der Waals surface area contributed by atoms with Gasteiger partial charge >= 0.3 is 0 Å². The predicted octanol–water partition coefficient (Wildman–Crippen LogP) is 3.29. The minimum atomic E-state index is -0.196. The first-order chi connectivity index (χ1) is 6.20. The summed E-state index contributed by atoms with van der Waals surface area (Å²) in [5.41, 5.74) is 1.80. The number of nitrogens with zero attached hydrogens (tertiary/aromatic N) is 1. The van der Waals surface area contributed by atoms with E-state index in [1.165, 1.54) is 0 Å². The van der Waals surface area contributed by atoms with Crippen molar-refractivity contribution in [3.05, 3.63) is 39.3 Å². The summed E-state index contributed by atoms with van der Waals surface area (Å²) >= 11 is 2.12. The lowest BCUT2D eigenvalue weighted by molar-refractivity contribution is 0.638. The molecule has 2 rings (SSSR count). The summed E-state index contributed by atoms with van der Waals surface area (Å²) in [4.78, 5) is 4.16. The number of rotatable bonds is 0. The van der Waals surface area contributed by atoms with Gasteiger partial charge in [0, 0.05) is 15.2 Å². The smallest absolute Gasteiger partial charge is 0.133 e. The maximum absolute atomic E-state index is 13.4. The van der Waals surface area contributed by atoms with Crippen LogP contribution in [0.3, 0.4) is 0 Å². The van der Waals surface area contributed by atoms with E-state index in [-0.39, 0.29) is 5.82 Å². The molecular weight excluding hydrogens is 280 g/mol. The fraction of sp³-hybridized carbons (Fsp3) is 0.100. The number of benzene rings is 1. The molecule has 0 spiro atoms. The molecule has 1 heterocycles. The lowest BCUT2D eigenvalue weighted by atomic mass is 10.1. The van der Waals surface area contributed by atoms with Gasteiger partial charge in [0.15, 0.2) is 0 Å². The van der Waals surface area contributed by atoms with Crippen molar-refractivity contribution in [2.24, 2.45) is 0 Å². The van der Waals surface area contributed by atoms with Gasteiger partial charge in [-0.15, -0.1) is 0 Å². The normalized spacial score (nSPS) is 10.7. The summed E-state index contributed by atoms with van der Waals surface area (Å²) < 4.78 is 14.3. The second-order valence-corrected chi connectivity index (χ2v) is 4.03. The molecule has 0 N–H and O–H groups in total. The Morgan fingerprint density at radius 3 is 3.00 bits per heavy atom. The minimum Gasteiger partial charge on any atom is -0.256 e. The van der Waals surface area contributed by atoms with Crippen molar-refractivity contribution < 1.29 is 4.39 Å². The Bertz CT molecular complexity index is 468. The summed E-state index contributed by atoms with van der Waals surface area (Å²) in [6, 6.07) is 5.04. The number of hydrogen-bond acceptors (Lipinski definition) is 1. The molecule has 1 aromatic heterocycles. The van der Waals surface area contributed by atoms with Crippen molar-refractivity contribution in [1.29, 1.82) is 0 Å². The van der Waals surface area contributed by atoms with Gasteiger partial charge in [0.2, 0.25) is 0 Å². The second-order valence-electron chi connectivity index (χ2n) is 2.86. The van der Waals surface area contributed by atoms with E-state index in [9.17, 15) is 4.39 Å².